The number of aromatic nitrogens is 3. The van der Waals surface area contributed by atoms with E-state index in [1.807, 2.05) is 30.5 Å². The first-order valence-corrected chi connectivity index (χ1v) is 11.8. The van der Waals surface area contributed by atoms with E-state index in [2.05, 4.69) is 44.2 Å². The molecule has 0 unspecified atom stereocenters. The lowest BCUT2D eigenvalue weighted by molar-refractivity contribution is 0.0827. The maximum Gasteiger partial charge on any atom is 0.253 e. The molecule has 0 aliphatic heterocycles. The van der Waals surface area contributed by atoms with Crippen molar-refractivity contribution in [2.45, 2.75) is 44.9 Å². The summed E-state index contributed by atoms with van der Waals surface area (Å²) in [5, 5.41) is 16.3. The summed E-state index contributed by atoms with van der Waals surface area (Å²) >= 11 is 1.64. The third kappa shape index (κ3) is 7.57. The van der Waals surface area contributed by atoms with Crippen molar-refractivity contribution in [2.24, 2.45) is 10.9 Å². The number of nitrogens with zero attached hydrogens (tertiary/aromatic N) is 5. The van der Waals surface area contributed by atoms with Crippen LogP contribution in [0.25, 0.3) is 0 Å². The standard InChI is InChI=1S/C22H35N7OS/c1-16(2)15-29-19(26-27-22(29)31-6)8-7-13-24-21(23-3)25-14-17-9-11-18(12-10-17)20(30)28(4)5/h9-12,16H,7-8,13-15H2,1-6H3,(H2,23,24,25). The lowest BCUT2D eigenvalue weighted by Gasteiger charge is -2.14. The highest BCUT2D eigenvalue weighted by Crippen LogP contribution is 2.16. The summed E-state index contributed by atoms with van der Waals surface area (Å²) in [6.07, 6.45) is 3.84. The van der Waals surface area contributed by atoms with E-state index in [4.69, 9.17) is 0 Å². The molecule has 9 heteroatoms. The Morgan fingerprint density at radius 3 is 2.48 bits per heavy atom. The summed E-state index contributed by atoms with van der Waals surface area (Å²) in [6.45, 7) is 6.78. The molecule has 1 amide bonds. The van der Waals surface area contributed by atoms with Gasteiger partial charge in [0.1, 0.15) is 5.82 Å². The van der Waals surface area contributed by atoms with Gasteiger partial charge in [0.2, 0.25) is 0 Å². The third-order valence-corrected chi connectivity index (χ3v) is 5.35. The fourth-order valence-electron chi connectivity index (χ4n) is 3.09. The quantitative estimate of drug-likeness (QED) is 0.253. The Kier molecular flexibility index (Phi) is 9.84. The van der Waals surface area contributed by atoms with Crippen LogP contribution < -0.4 is 10.6 Å². The van der Waals surface area contributed by atoms with Gasteiger partial charge in [-0.1, -0.05) is 37.7 Å². The Morgan fingerprint density at radius 2 is 1.90 bits per heavy atom. The van der Waals surface area contributed by atoms with E-state index in [9.17, 15) is 4.79 Å². The molecule has 8 nitrogen and oxygen atoms in total. The van der Waals surface area contributed by atoms with Crippen molar-refractivity contribution in [1.29, 1.82) is 0 Å². The first-order valence-electron chi connectivity index (χ1n) is 10.6. The Hall–Kier alpha value is -2.55. The van der Waals surface area contributed by atoms with E-state index in [0.717, 1.165) is 48.4 Å². The van der Waals surface area contributed by atoms with Crippen LogP contribution in [0.15, 0.2) is 34.4 Å². The first-order chi connectivity index (χ1) is 14.8. The number of thioether (sulfide) groups is 1. The second-order valence-corrected chi connectivity index (χ2v) is 8.73. The molecule has 0 saturated heterocycles. The Morgan fingerprint density at radius 1 is 1.19 bits per heavy atom. The van der Waals surface area contributed by atoms with E-state index in [1.165, 1.54) is 0 Å². The van der Waals surface area contributed by atoms with Crippen LogP contribution in [0.4, 0.5) is 0 Å². The number of carbonyl (C=O) groups is 1. The molecule has 170 valence electrons. The number of benzene rings is 1. The SMILES string of the molecule is CN=C(NCCCc1nnc(SC)n1CC(C)C)NCc1ccc(C(=O)N(C)C)cc1. The number of rotatable bonds is 10. The van der Waals surface area contributed by atoms with E-state index in [-0.39, 0.29) is 5.91 Å². The van der Waals surface area contributed by atoms with E-state index in [1.54, 1.807) is 37.8 Å². The lowest BCUT2D eigenvalue weighted by Crippen LogP contribution is -2.37. The second-order valence-electron chi connectivity index (χ2n) is 7.96. The van der Waals surface area contributed by atoms with Crippen LogP contribution in [0.2, 0.25) is 0 Å². The van der Waals surface area contributed by atoms with Crippen molar-refractivity contribution in [3.63, 3.8) is 0 Å². The Labute approximate surface area is 189 Å². The fraction of sp³-hybridized carbons (Fsp3) is 0.545. The van der Waals surface area contributed by atoms with Gasteiger partial charge < -0.3 is 20.1 Å². The molecule has 2 aromatic rings. The van der Waals surface area contributed by atoms with Crippen LogP contribution in [-0.2, 0) is 19.5 Å². The van der Waals surface area contributed by atoms with Crippen LogP contribution in [0.5, 0.6) is 0 Å². The summed E-state index contributed by atoms with van der Waals surface area (Å²) in [7, 11) is 5.27. The average molecular weight is 446 g/mol. The monoisotopic (exact) mass is 445 g/mol. The smallest absolute Gasteiger partial charge is 0.253 e. The molecular formula is C22H35N7OS. The van der Waals surface area contributed by atoms with E-state index >= 15 is 0 Å². The molecule has 0 aliphatic rings. The second kappa shape index (κ2) is 12.3. The van der Waals surface area contributed by atoms with Crippen molar-refractivity contribution in [3.05, 3.63) is 41.2 Å². The molecule has 31 heavy (non-hydrogen) atoms. The largest absolute Gasteiger partial charge is 0.356 e. The van der Waals surface area contributed by atoms with Crippen molar-refractivity contribution in [1.82, 2.24) is 30.3 Å². The molecule has 0 atom stereocenters. The highest BCUT2D eigenvalue weighted by Gasteiger charge is 2.12. The van der Waals surface area contributed by atoms with E-state index < -0.39 is 0 Å². The molecule has 0 spiro atoms. The molecule has 0 bridgehead atoms. The minimum absolute atomic E-state index is 0.00543. The van der Waals surface area contributed by atoms with Gasteiger partial charge in [0.05, 0.1) is 0 Å². The van der Waals surface area contributed by atoms with Gasteiger partial charge in [-0.3, -0.25) is 9.79 Å². The highest BCUT2D eigenvalue weighted by molar-refractivity contribution is 7.98. The summed E-state index contributed by atoms with van der Waals surface area (Å²) in [5.74, 6) is 2.35. The number of aliphatic imine (C=N–C) groups is 1. The normalized spacial score (nSPS) is 11.6. The predicted molar refractivity (Wildman–Crippen MR) is 128 cm³/mol. The van der Waals surface area contributed by atoms with Crippen molar-refractivity contribution < 1.29 is 4.79 Å². The lowest BCUT2D eigenvalue weighted by atomic mass is 10.1. The predicted octanol–water partition coefficient (Wildman–Crippen LogP) is 2.66. The van der Waals surface area contributed by atoms with Crippen LogP contribution in [0, 0.1) is 5.92 Å². The topological polar surface area (TPSA) is 87.4 Å². The van der Waals surface area contributed by atoms with Gasteiger partial charge in [-0.2, -0.15) is 0 Å². The highest BCUT2D eigenvalue weighted by atomic mass is 32.2. The minimum Gasteiger partial charge on any atom is -0.356 e. The van der Waals surface area contributed by atoms with E-state index in [0.29, 0.717) is 18.0 Å². The van der Waals surface area contributed by atoms with Gasteiger partial charge in [-0.25, -0.2) is 0 Å². The minimum atomic E-state index is 0.00543. The number of aryl methyl sites for hydroxylation is 1. The Bertz CT molecular complexity index is 859. The summed E-state index contributed by atoms with van der Waals surface area (Å²) in [6, 6.07) is 7.63. The Balaban J connectivity index is 1.79. The molecule has 2 N–H and O–H groups in total. The van der Waals surface area contributed by atoms with Crippen molar-refractivity contribution in [3.8, 4) is 0 Å². The van der Waals surface area contributed by atoms with Gasteiger partial charge >= 0.3 is 0 Å². The fourth-order valence-corrected chi connectivity index (χ4v) is 3.61. The number of amides is 1. The average Bonchev–Trinajstić information content (AvgIpc) is 3.13. The molecule has 0 fully saturated rings. The molecule has 2 rings (SSSR count). The zero-order valence-electron chi connectivity index (χ0n) is 19.5. The van der Waals surface area contributed by atoms with Crippen molar-refractivity contribution >= 4 is 23.6 Å². The number of guanidine groups is 1. The van der Waals surface area contributed by atoms with Gasteiger partial charge in [0.15, 0.2) is 11.1 Å². The number of hydrogen-bond donors (Lipinski definition) is 2. The van der Waals surface area contributed by atoms with Gasteiger partial charge in [0.25, 0.3) is 5.91 Å². The van der Waals surface area contributed by atoms with Crippen molar-refractivity contribution in [2.75, 3.05) is 33.9 Å². The third-order valence-electron chi connectivity index (χ3n) is 4.68. The van der Waals surface area contributed by atoms with Gasteiger partial charge in [0, 0.05) is 52.8 Å². The molecule has 0 saturated carbocycles. The summed E-state index contributed by atoms with van der Waals surface area (Å²) < 4.78 is 2.23. The maximum absolute atomic E-state index is 12.0. The van der Waals surface area contributed by atoms with Crippen LogP contribution in [0.1, 0.15) is 42.0 Å². The summed E-state index contributed by atoms with van der Waals surface area (Å²) in [5.41, 5.74) is 1.77. The number of nitrogens with one attached hydrogen (secondary N) is 2. The molecular weight excluding hydrogens is 410 g/mol. The molecule has 1 aromatic carbocycles. The maximum atomic E-state index is 12.0. The molecule has 0 radical (unpaired) electrons. The molecule has 0 aliphatic carbocycles. The van der Waals surface area contributed by atoms with Crippen LogP contribution in [-0.4, -0.2) is 65.5 Å². The zero-order chi connectivity index (χ0) is 22.8. The van der Waals surface area contributed by atoms with Crippen LogP contribution >= 0.6 is 11.8 Å². The molecule has 1 heterocycles. The van der Waals surface area contributed by atoms with Gasteiger partial charge in [-0.05, 0) is 36.3 Å². The summed E-state index contributed by atoms with van der Waals surface area (Å²) in [4.78, 5) is 17.8. The molecule has 1 aromatic heterocycles. The number of carbonyl (C=O) groups excluding carboxylic acids is 1. The zero-order valence-corrected chi connectivity index (χ0v) is 20.3. The van der Waals surface area contributed by atoms with Crippen LogP contribution in [0.3, 0.4) is 0 Å². The first kappa shape index (κ1) is 24.7. The van der Waals surface area contributed by atoms with Gasteiger partial charge in [-0.15, -0.1) is 10.2 Å². The number of hydrogen-bond acceptors (Lipinski definition) is 5.